The van der Waals surface area contributed by atoms with E-state index in [0.717, 1.165) is 0 Å². The Kier molecular flexibility index (Phi) is 3.41. The van der Waals surface area contributed by atoms with E-state index < -0.39 is 18.8 Å². The predicted octanol–water partition coefficient (Wildman–Crippen LogP) is 0.523. The molecule has 15 heavy (non-hydrogen) atoms. The molecule has 1 amide bonds. The maximum Gasteiger partial charge on any atom is 0.505 e. The van der Waals surface area contributed by atoms with Crippen LogP contribution in [-0.4, -0.2) is 40.3 Å². The van der Waals surface area contributed by atoms with E-state index in [9.17, 15) is 4.79 Å². The number of hydrogen-bond donors (Lipinski definition) is 2. The zero-order valence-electron chi connectivity index (χ0n) is 9.23. The fourth-order valence-electron chi connectivity index (χ4n) is 1.34. The van der Waals surface area contributed by atoms with E-state index in [-0.39, 0.29) is 5.60 Å². The molecule has 0 bridgehead atoms. The van der Waals surface area contributed by atoms with Gasteiger partial charge in [-0.05, 0) is 27.2 Å². The summed E-state index contributed by atoms with van der Waals surface area (Å²) in [6.45, 7) is 5.72. The molecule has 0 aromatic rings. The lowest BCUT2D eigenvalue weighted by atomic mass is 9.85. The second-order valence-electron chi connectivity index (χ2n) is 4.42. The third-order valence-electron chi connectivity index (χ3n) is 1.90. The fourth-order valence-corrected chi connectivity index (χ4v) is 1.34. The number of nitrogens with zero attached hydrogens (tertiary/aromatic N) is 1. The van der Waals surface area contributed by atoms with Gasteiger partial charge in [0.25, 0.3) is 0 Å². The molecular formula is C9H16BNO4. The Bertz CT molecular complexity index is 282. The average molecular weight is 213 g/mol. The summed E-state index contributed by atoms with van der Waals surface area (Å²) in [5.74, 6) is 0. The summed E-state index contributed by atoms with van der Waals surface area (Å²) in [5, 5.41) is 18.0. The lowest BCUT2D eigenvalue weighted by molar-refractivity contribution is 0.0334. The molecule has 0 saturated heterocycles. The van der Waals surface area contributed by atoms with Crippen LogP contribution in [0.25, 0.3) is 0 Å². The number of rotatable bonds is 1. The van der Waals surface area contributed by atoms with Crippen molar-refractivity contribution in [3.8, 4) is 0 Å². The molecule has 6 heteroatoms. The van der Waals surface area contributed by atoms with Gasteiger partial charge in [0.2, 0.25) is 0 Å². The minimum absolute atomic E-state index is 0.198. The Morgan fingerprint density at radius 3 is 2.60 bits per heavy atom. The van der Waals surface area contributed by atoms with Crippen molar-refractivity contribution in [3.05, 3.63) is 11.7 Å². The minimum Gasteiger partial charge on any atom is -0.443 e. The van der Waals surface area contributed by atoms with Gasteiger partial charge in [-0.25, -0.2) is 4.79 Å². The van der Waals surface area contributed by atoms with Crippen molar-refractivity contribution in [3.63, 3.8) is 0 Å². The first-order valence-corrected chi connectivity index (χ1v) is 4.88. The van der Waals surface area contributed by atoms with E-state index in [0.29, 0.717) is 13.0 Å². The molecule has 0 aromatic heterocycles. The summed E-state index contributed by atoms with van der Waals surface area (Å²) >= 11 is 0. The Balaban J connectivity index is 2.65. The summed E-state index contributed by atoms with van der Waals surface area (Å²) in [4.78, 5) is 12.9. The first kappa shape index (κ1) is 12.1. The monoisotopic (exact) mass is 213 g/mol. The van der Waals surface area contributed by atoms with Gasteiger partial charge in [-0.1, -0.05) is 6.08 Å². The van der Waals surface area contributed by atoms with Gasteiger partial charge in [-0.3, -0.25) is 4.90 Å². The average Bonchev–Trinajstić information content (AvgIpc) is 2.47. The number of carbonyl (C=O) groups is 1. The highest BCUT2D eigenvalue weighted by Gasteiger charge is 2.32. The van der Waals surface area contributed by atoms with Crippen LogP contribution in [0.4, 0.5) is 4.79 Å². The molecule has 0 aromatic carbocycles. The molecule has 84 valence electrons. The van der Waals surface area contributed by atoms with Crippen LogP contribution in [0.5, 0.6) is 0 Å². The SMILES string of the molecule is CC(C)(C)OC(=O)N1CCC=C1B(O)O. The van der Waals surface area contributed by atoms with Crippen LogP contribution in [0.3, 0.4) is 0 Å². The topological polar surface area (TPSA) is 70.0 Å². The van der Waals surface area contributed by atoms with Gasteiger partial charge in [0, 0.05) is 6.54 Å². The van der Waals surface area contributed by atoms with E-state index in [1.807, 2.05) is 0 Å². The molecule has 0 aliphatic carbocycles. The maximum atomic E-state index is 11.6. The Hall–Kier alpha value is -1.01. The van der Waals surface area contributed by atoms with Crippen LogP contribution in [0, 0.1) is 0 Å². The van der Waals surface area contributed by atoms with E-state index in [1.54, 1.807) is 26.8 Å². The molecule has 0 atom stereocenters. The van der Waals surface area contributed by atoms with Gasteiger partial charge < -0.3 is 14.8 Å². The summed E-state index contributed by atoms with van der Waals surface area (Å²) in [5.41, 5.74) is -0.380. The van der Waals surface area contributed by atoms with Crippen molar-refractivity contribution in [1.29, 1.82) is 0 Å². The van der Waals surface area contributed by atoms with Crippen molar-refractivity contribution < 1.29 is 19.6 Å². The fraction of sp³-hybridized carbons (Fsp3) is 0.667. The molecule has 1 aliphatic heterocycles. The van der Waals surface area contributed by atoms with Crippen molar-refractivity contribution in [2.75, 3.05) is 6.54 Å². The summed E-state index contributed by atoms with van der Waals surface area (Å²) in [6, 6.07) is 0. The Morgan fingerprint density at radius 2 is 2.13 bits per heavy atom. The summed E-state index contributed by atoms with van der Waals surface area (Å²) < 4.78 is 5.13. The highest BCUT2D eigenvalue weighted by Crippen LogP contribution is 2.19. The lowest BCUT2D eigenvalue weighted by Gasteiger charge is -2.25. The summed E-state index contributed by atoms with van der Waals surface area (Å²) in [7, 11) is -1.62. The van der Waals surface area contributed by atoms with Crippen LogP contribution in [0.2, 0.25) is 0 Å². The molecule has 5 nitrogen and oxygen atoms in total. The first-order chi connectivity index (χ1) is 6.81. The highest BCUT2D eigenvalue weighted by molar-refractivity contribution is 6.51. The number of ether oxygens (including phenoxy) is 1. The molecule has 0 saturated carbocycles. The van der Waals surface area contributed by atoms with Crippen molar-refractivity contribution in [2.45, 2.75) is 32.8 Å². The van der Waals surface area contributed by atoms with Crippen molar-refractivity contribution >= 4 is 13.2 Å². The van der Waals surface area contributed by atoms with Crippen molar-refractivity contribution in [2.24, 2.45) is 0 Å². The minimum atomic E-state index is -1.62. The largest absolute Gasteiger partial charge is 0.505 e. The number of amides is 1. The third kappa shape index (κ3) is 3.25. The zero-order valence-corrected chi connectivity index (χ0v) is 9.23. The Morgan fingerprint density at radius 1 is 1.53 bits per heavy atom. The molecule has 0 fully saturated rings. The number of hydrogen-bond acceptors (Lipinski definition) is 4. The van der Waals surface area contributed by atoms with Crippen LogP contribution >= 0.6 is 0 Å². The van der Waals surface area contributed by atoms with E-state index in [1.165, 1.54) is 4.90 Å². The van der Waals surface area contributed by atoms with Crippen molar-refractivity contribution in [1.82, 2.24) is 4.90 Å². The van der Waals surface area contributed by atoms with E-state index in [4.69, 9.17) is 14.8 Å². The molecule has 0 unspecified atom stereocenters. The van der Waals surface area contributed by atoms with Crippen LogP contribution < -0.4 is 0 Å². The van der Waals surface area contributed by atoms with Gasteiger partial charge in [-0.2, -0.15) is 0 Å². The van der Waals surface area contributed by atoms with Gasteiger partial charge in [0.15, 0.2) is 0 Å². The quantitative estimate of drug-likeness (QED) is 0.623. The molecule has 1 rings (SSSR count). The summed E-state index contributed by atoms with van der Waals surface area (Å²) in [6.07, 6.45) is 1.69. The maximum absolute atomic E-state index is 11.6. The third-order valence-corrected chi connectivity index (χ3v) is 1.90. The molecule has 1 heterocycles. The first-order valence-electron chi connectivity index (χ1n) is 4.88. The molecule has 2 N–H and O–H groups in total. The predicted molar refractivity (Wildman–Crippen MR) is 55.8 cm³/mol. The highest BCUT2D eigenvalue weighted by atomic mass is 16.6. The molecule has 0 radical (unpaired) electrons. The van der Waals surface area contributed by atoms with Gasteiger partial charge >= 0.3 is 13.2 Å². The lowest BCUT2D eigenvalue weighted by Crippen LogP contribution is -2.39. The van der Waals surface area contributed by atoms with E-state index in [2.05, 4.69) is 0 Å². The van der Waals surface area contributed by atoms with Gasteiger partial charge in [0.05, 0.1) is 5.60 Å². The molecule has 1 aliphatic rings. The molecule has 0 spiro atoms. The Labute approximate surface area is 89.5 Å². The smallest absolute Gasteiger partial charge is 0.443 e. The second-order valence-corrected chi connectivity index (χ2v) is 4.42. The number of carbonyl (C=O) groups excluding carboxylic acids is 1. The van der Waals surface area contributed by atoms with Crippen LogP contribution in [0.15, 0.2) is 11.7 Å². The normalized spacial score (nSPS) is 16.3. The van der Waals surface area contributed by atoms with Crippen LogP contribution in [-0.2, 0) is 4.74 Å². The second kappa shape index (κ2) is 4.24. The van der Waals surface area contributed by atoms with Gasteiger partial charge in [-0.15, -0.1) is 0 Å². The standard InChI is InChI=1S/C9H16BNO4/c1-9(2,3)15-8(12)11-6-4-5-7(11)10(13)14/h5,13-14H,4,6H2,1-3H3. The van der Waals surface area contributed by atoms with E-state index >= 15 is 0 Å². The van der Waals surface area contributed by atoms with Crippen LogP contribution in [0.1, 0.15) is 27.2 Å². The molecular weight excluding hydrogens is 197 g/mol. The zero-order chi connectivity index (χ0) is 11.6. The van der Waals surface area contributed by atoms with Gasteiger partial charge in [0.1, 0.15) is 5.60 Å².